The molecule has 2 aromatic carbocycles. The highest BCUT2D eigenvalue weighted by molar-refractivity contribution is 7.19. The average molecular weight is 408 g/mol. The first kappa shape index (κ1) is 18.7. The number of anilines is 1. The van der Waals surface area contributed by atoms with Crippen molar-refractivity contribution in [2.24, 2.45) is 0 Å². The number of rotatable bonds is 4. The van der Waals surface area contributed by atoms with Crippen LogP contribution in [-0.4, -0.2) is 30.6 Å². The summed E-state index contributed by atoms with van der Waals surface area (Å²) in [6, 6.07) is 9.99. The Hall–Kier alpha value is -3.66. The molecule has 0 aliphatic heterocycles. The lowest BCUT2D eigenvalue weighted by Crippen LogP contribution is -2.13. The Morgan fingerprint density at radius 3 is 2.59 bits per heavy atom. The minimum Gasteiger partial charge on any atom is -0.322 e. The molecular formula is C19H16N6O3S. The maximum absolute atomic E-state index is 12.7. The lowest BCUT2D eigenvalue weighted by atomic mass is 10.1. The normalized spacial score (nSPS) is 11.0. The third kappa shape index (κ3) is 3.45. The van der Waals surface area contributed by atoms with Crippen molar-refractivity contribution < 1.29 is 9.72 Å². The largest absolute Gasteiger partial charge is 0.322 e. The summed E-state index contributed by atoms with van der Waals surface area (Å²) < 4.78 is 1.68. The van der Waals surface area contributed by atoms with E-state index in [2.05, 4.69) is 20.6 Å². The number of nitro benzene ring substituents is 1. The number of hydrogen-bond acceptors (Lipinski definition) is 7. The highest BCUT2D eigenvalue weighted by Crippen LogP contribution is 2.29. The molecule has 9 nitrogen and oxygen atoms in total. The number of nitro groups is 1. The van der Waals surface area contributed by atoms with Gasteiger partial charge in [0.05, 0.1) is 4.92 Å². The fourth-order valence-electron chi connectivity index (χ4n) is 2.92. The van der Waals surface area contributed by atoms with Gasteiger partial charge in [0, 0.05) is 28.4 Å². The van der Waals surface area contributed by atoms with Gasteiger partial charge in [-0.15, -0.1) is 10.2 Å². The van der Waals surface area contributed by atoms with E-state index in [1.807, 2.05) is 32.0 Å². The van der Waals surface area contributed by atoms with E-state index in [9.17, 15) is 14.9 Å². The molecule has 0 saturated heterocycles. The van der Waals surface area contributed by atoms with Crippen molar-refractivity contribution in [3.8, 4) is 10.6 Å². The first-order valence-electron chi connectivity index (χ1n) is 8.70. The zero-order valence-corrected chi connectivity index (χ0v) is 16.6. The Morgan fingerprint density at radius 2 is 1.90 bits per heavy atom. The highest BCUT2D eigenvalue weighted by atomic mass is 32.1. The van der Waals surface area contributed by atoms with Crippen LogP contribution in [0.25, 0.3) is 15.5 Å². The van der Waals surface area contributed by atoms with E-state index < -0.39 is 4.92 Å². The summed E-state index contributed by atoms with van der Waals surface area (Å²) in [6.45, 7) is 5.33. The molecule has 146 valence electrons. The number of carbonyl (C=O) groups excluding carboxylic acids is 1. The molecule has 0 fully saturated rings. The maximum atomic E-state index is 12.7. The molecule has 0 aliphatic rings. The predicted molar refractivity (Wildman–Crippen MR) is 109 cm³/mol. The third-order valence-corrected chi connectivity index (χ3v) is 5.48. The van der Waals surface area contributed by atoms with E-state index in [0.29, 0.717) is 27.6 Å². The minimum absolute atomic E-state index is 0.0155. The molecule has 0 spiro atoms. The van der Waals surface area contributed by atoms with Gasteiger partial charge >= 0.3 is 0 Å². The van der Waals surface area contributed by atoms with E-state index in [0.717, 1.165) is 16.1 Å². The number of aryl methyl sites for hydroxylation is 3. The van der Waals surface area contributed by atoms with E-state index in [1.165, 1.54) is 29.5 Å². The molecule has 4 rings (SSSR count). The molecule has 2 heterocycles. The van der Waals surface area contributed by atoms with Gasteiger partial charge < -0.3 is 5.32 Å². The Labute approximate surface area is 169 Å². The van der Waals surface area contributed by atoms with Crippen LogP contribution in [0, 0.1) is 30.9 Å². The second-order valence-electron chi connectivity index (χ2n) is 6.59. The summed E-state index contributed by atoms with van der Waals surface area (Å²) in [5.74, 6) is 0.369. The monoisotopic (exact) mass is 408 g/mol. The Kier molecular flexibility index (Phi) is 4.55. The summed E-state index contributed by atoms with van der Waals surface area (Å²) in [5.41, 5.74) is 3.15. The number of hydrogen-bond donors (Lipinski definition) is 1. The van der Waals surface area contributed by atoms with Gasteiger partial charge in [0.25, 0.3) is 11.6 Å². The highest BCUT2D eigenvalue weighted by Gasteiger charge is 2.16. The molecule has 0 bridgehead atoms. The quantitative estimate of drug-likeness (QED) is 0.404. The van der Waals surface area contributed by atoms with Crippen LogP contribution in [0.5, 0.6) is 0 Å². The number of nitrogens with zero attached hydrogens (tertiary/aromatic N) is 5. The van der Waals surface area contributed by atoms with Crippen molar-refractivity contribution in [1.29, 1.82) is 0 Å². The van der Waals surface area contributed by atoms with E-state index in [1.54, 1.807) is 11.4 Å². The fourth-order valence-corrected chi connectivity index (χ4v) is 3.80. The maximum Gasteiger partial charge on any atom is 0.272 e. The second-order valence-corrected chi connectivity index (χ2v) is 7.55. The molecule has 0 saturated carbocycles. The summed E-state index contributed by atoms with van der Waals surface area (Å²) in [5, 5.41) is 27.2. The predicted octanol–water partition coefficient (Wildman–Crippen LogP) is 3.94. The van der Waals surface area contributed by atoms with Crippen LogP contribution in [-0.2, 0) is 0 Å². The molecule has 1 amide bonds. The van der Waals surface area contributed by atoms with Crippen molar-refractivity contribution in [3.05, 3.63) is 69.0 Å². The number of carbonyl (C=O) groups is 1. The van der Waals surface area contributed by atoms with Crippen LogP contribution in [0.4, 0.5) is 11.4 Å². The van der Waals surface area contributed by atoms with Crippen LogP contribution in [0.2, 0.25) is 0 Å². The van der Waals surface area contributed by atoms with Gasteiger partial charge in [-0.1, -0.05) is 23.5 Å². The van der Waals surface area contributed by atoms with Gasteiger partial charge in [0.15, 0.2) is 5.82 Å². The van der Waals surface area contributed by atoms with Crippen LogP contribution >= 0.6 is 11.3 Å². The summed E-state index contributed by atoms with van der Waals surface area (Å²) in [4.78, 5) is 23.9. The van der Waals surface area contributed by atoms with Gasteiger partial charge in [-0.05, 0) is 44.5 Å². The molecule has 0 aliphatic carbocycles. The zero-order valence-electron chi connectivity index (χ0n) is 15.8. The van der Waals surface area contributed by atoms with Crippen LogP contribution < -0.4 is 5.32 Å². The number of benzene rings is 2. The van der Waals surface area contributed by atoms with Gasteiger partial charge in [0.1, 0.15) is 5.01 Å². The first-order chi connectivity index (χ1) is 13.8. The average Bonchev–Trinajstić information content (AvgIpc) is 3.25. The molecule has 4 aromatic rings. The molecule has 0 unspecified atom stereocenters. The van der Waals surface area contributed by atoms with Crippen molar-refractivity contribution in [2.45, 2.75) is 20.8 Å². The van der Waals surface area contributed by atoms with E-state index in [-0.39, 0.29) is 11.6 Å². The standard InChI is InChI=1S/C19H16N6O3S/c1-10-4-5-14(18-23-24-12(3)21-22-19(24)29-18)9-15(10)20-17(26)13-6-7-16(25(27)28)11(2)8-13/h4-9H,1-3H3,(H,20,26). The fraction of sp³-hybridized carbons (Fsp3) is 0.158. The van der Waals surface area contributed by atoms with Gasteiger partial charge in [-0.25, -0.2) is 0 Å². The number of fused-ring (bicyclic) bond motifs is 1. The molecule has 10 heteroatoms. The van der Waals surface area contributed by atoms with Gasteiger partial charge in [0.2, 0.25) is 4.96 Å². The van der Waals surface area contributed by atoms with E-state index in [4.69, 9.17) is 0 Å². The first-order valence-corrected chi connectivity index (χ1v) is 9.51. The molecule has 2 aromatic heterocycles. The lowest BCUT2D eigenvalue weighted by Gasteiger charge is -2.10. The van der Waals surface area contributed by atoms with Gasteiger partial charge in [-0.2, -0.15) is 9.61 Å². The van der Waals surface area contributed by atoms with Gasteiger partial charge in [-0.3, -0.25) is 14.9 Å². The summed E-state index contributed by atoms with van der Waals surface area (Å²) in [6.07, 6.45) is 0. The zero-order chi connectivity index (χ0) is 20.7. The number of aromatic nitrogens is 4. The van der Waals surface area contributed by atoms with Crippen LogP contribution in [0.1, 0.15) is 27.3 Å². The van der Waals surface area contributed by atoms with Crippen LogP contribution in [0.15, 0.2) is 36.4 Å². The smallest absolute Gasteiger partial charge is 0.272 e. The van der Waals surface area contributed by atoms with Crippen molar-refractivity contribution in [1.82, 2.24) is 19.8 Å². The third-order valence-electron chi connectivity index (χ3n) is 4.54. The van der Waals surface area contributed by atoms with Crippen LogP contribution in [0.3, 0.4) is 0 Å². The number of amides is 1. The molecule has 0 radical (unpaired) electrons. The summed E-state index contributed by atoms with van der Waals surface area (Å²) in [7, 11) is 0. The van der Waals surface area contributed by atoms with E-state index >= 15 is 0 Å². The molecule has 29 heavy (non-hydrogen) atoms. The Bertz CT molecular complexity index is 1280. The van der Waals surface area contributed by atoms with Crippen molar-refractivity contribution in [3.63, 3.8) is 0 Å². The molecular weight excluding hydrogens is 392 g/mol. The molecule has 0 atom stereocenters. The topological polar surface area (TPSA) is 115 Å². The Balaban J connectivity index is 1.63. The molecule has 1 N–H and O–H groups in total. The van der Waals surface area contributed by atoms with Crippen molar-refractivity contribution >= 4 is 33.6 Å². The summed E-state index contributed by atoms with van der Waals surface area (Å²) >= 11 is 1.41. The van der Waals surface area contributed by atoms with Crippen molar-refractivity contribution in [2.75, 3.05) is 5.32 Å². The number of nitrogens with one attached hydrogen (secondary N) is 1. The second kappa shape index (κ2) is 7.06. The Morgan fingerprint density at radius 1 is 1.10 bits per heavy atom. The lowest BCUT2D eigenvalue weighted by molar-refractivity contribution is -0.385. The minimum atomic E-state index is -0.466. The SMILES string of the molecule is Cc1ccc(-c2nn3c(C)nnc3s2)cc1NC(=O)c1ccc([N+](=O)[O-])c(C)c1.